The SMILES string of the molecule is CC(C)CC1CCNc2c1cccc2C(F)(F)F. The Bertz CT molecular complexity index is 424. The van der Waals surface area contributed by atoms with Gasteiger partial charge >= 0.3 is 6.18 Å². The Labute approximate surface area is 105 Å². The molecule has 0 fully saturated rings. The van der Waals surface area contributed by atoms with E-state index < -0.39 is 11.7 Å². The molecule has 1 aliphatic heterocycles. The summed E-state index contributed by atoms with van der Waals surface area (Å²) in [5.41, 5.74) is 0.583. The molecule has 0 aliphatic carbocycles. The third kappa shape index (κ3) is 2.62. The van der Waals surface area contributed by atoms with Crippen LogP contribution >= 0.6 is 0 Å². The van der Waals surface area contributed by atoms with Crippen molar-refractivity contribution in [3.05, 3.63) is 29.3 Å². The van der Waals surface area contributed by atoms with Crippen molar-refractivity contribution in [2.45, 2.75) is 38.8 Å². The number of rotatable bonds is 2. The Balaban J connectivity index is 2.41. The van der Waals surface area contributed by atoms with Gasteiger partial charge in [-0.15, -0.1) is 0 Å². The molecular weight excluding hydrogens is 239 g/mol. The Hall–Kier alpha value is -1.19. The van der Waals surface area contributed by atoms with E-state index in [1.165, 1.54) is 6.07 Å². The van der Waals surface area contributed by atoms with Gasteiger partial charge in [0, 0.05) is 12.2 Å². The van der Waals surface area contributed by atoms with Crippen LogP contribution in [0.2, 0.25) is 0 Å². The molecule has 1 aliphatic rings. The van der Waals surface area contributed by atoms with Crippen LogP contribution in [0, 0.1) is 5.92 Å². The highest BCUT2D eigenvalue weighted by molar-refractivity contribution is 5.61. The Morgan fingerprint density at radius 3 is 2.67 bits per heavy atom. The minimum absolute atomic E-state index is 0.239. The molecule has 100 valence electrons. The zero-order chi connectivity index (χ0) is 13.3. The van der Waals surface area contributed by atoms with E-state index in [0.717, 1.165) is 24.5 Å². The smallest absolute Gasteiger partial charge is 0.384 e. The summed E-state index contributed by atoms with van der Waals surface area (Å²) in [6.07, 6.45) is -2.43. The highest BCUT2D eigenvalue weighted by Crippen LogP contribution is 2.43. The third-order valence-electron chi connectivity index (χ3n) is 3.39. The first-order chi connectivity index (χ1) is 8.39. The zero-order valence-corrected chi connectivity index (χ0v) is 10.6. The van der Waals surface area contributed by atoms with Crippen LogP contribution in [0.25, 0.3) is 0 Å². The first-order valence-electron chi connectivity index (χ1n) is 6.33. The van der Waals surface area contributed by atoms with Gasteiger partial charge in [-0.3, -0.25) is 0 Å². The molecule has 1 nitrogen and oxygen atoms in total. The molecule has 0 bridgehead atoms. The lowest BCUT2D eigenvalue weighted by molar-refractivity contribution is -0.137. The van der Waals surface area contributed by atoms with Crippen molar-refractivity contribution >= 4 is 5.69 Å². The highest BCUT2D eigenvalue weighted by atomic mass is 19.4. The van der Waals surface area contributed by atoms with Crippen molar-refractivity contribution in [1.29, 1.82) is 0 Å². The molecule has 0 aromatic heterocycles. The molecule has 1 heterocycles. The van der Waals surface area contributed by atoms with Crippen LogP contribution in [0.3, 0.4) is 0 Å². The summed E-state index contributed by atoms with van der Waals surface area (Å²) in [5.74, 6) is 0.735. The normalized spacial score (nSPS) is 19.6. The first-order valence-corrected chi connectivity index (χ1v) is 6.33. The molecule has 1 N–H and O–H groups in total. The second-order valence-corrected chi connectivity index (χ2v) is 5.31. The van der Waals surface area contributed by atoms with Gasteiger partial charge in [-0.05, 0) is 36.3 Å². The van der Waals surface area contributed by atoms with Crippen LogP contribution in [0.1, 0.15) is 43.7 Å². The van der Waals surface area contributed by atoms with Crippen LogP contribution in [0.4, 0.5) is 18.9 Å². The van der Waals surface area contributed by atoms with Crippen molar-refractivity contribution in [3.63, 3.8) is 0 Å². The Morgan fingerprint density at radius 1 is 1.33 bits per heavy atom. The van der Waals surface area contributed by atoms with Gasteiger partial charge in [0.05, 0.1) is 5.56 Å². The minimum Gasteiger partial charge on any atom is -0.384 e. The molecule has 18 heavy (non-hydrogen) atoms. The summed E-state index contributed by atoms with van der Waals surface area (Å²) < 4.78 is 38.8. The maximum Gasteiger partial charge on any atom is 0.418 e. The number of anilines is 1. The van der Waals surface area contributed by atoms with Crippen molar-refractivity contribution in [1.82, 2.24) is 0 Å². The molecule has 0 saturated heterocycles. The molecule has 2 rings (SSSR count). The van der Waals surface area contributed by atoms with Crippen molar-refractivity contribution in [3.8, 4) is 0 Å². The Morgan fingerprint density at radius 2 is 2.06 bits per heavy atom. The largest absolute Gasteiger partial charge is 0.418 e. The van der Waals surface area contributed by atoms with E-state index in [1.807, 2.05) is 6.07 Å². The van der Waals surface area contributed by atoms with E-state index in [-0.39, 0.29) is 5.92 Å². The summed E-state index contributed by atoms with van der Waals surface area (Å²) in [6.45, 7) is 4.84. The van der Waals surface area contributed by atoms with Gasteiger partial charge in [0.1, 0.15) is 0 Å². The van der Waals surface area contributed by atoms with Crippen LogP contribution in [-0.4, -0.2) is 6.54 Å². The van der Waals surface area contributed by atoms with Gasteiger partial charge in [0.25, 0.3) is 0 Å². The standard InChI is InChI=1S/C14H18F3N/c1-9(2)8-10-6-7-18-13-11(10)4-3-5-12(13)14(15,16)17/h3-5,9-10,18H,6-8H2,1-2H3. The molecule has 0 radical (unpaired) electrons. The third-order valence-corrected chi connectivity index (χ3v) is 3.39. The fourth-order valence-electron chi connectivity index (χ4n) is 2.68. The topological polar surface area (TPSA) is 12.0 Å². The van der Waals surface area contributed by atoms with Crippen LogP contribution < -0.4 is 5.32 Å². The second-order valence-electron chi connectivity index (χ2n) is 5.31. The zero-order valence-electron chi connectivity index (χ0n) is 10.6. The molecule has 1 unspecified atom stereocenters. The maximum atomic E-state index is 12.9. The van der Waals surface area contributed by atoms with Crippen molar-refractivity contribution in [2.75, 3.05) is 11.9 Å². The molecular formula is C14H18F3N. The monoisotopic (exact) mass is 257 g/mol. The summed E-state index contributed by atoms with van der Waals surface area (Å²) in [6, 6.07) is 4.50. The lowest BCUT2D eigenvalue weighted by Crippen LogP contribution is -2.21. The van der Waals surface area contributed by atoms with Gasteiger partial charge in [-0.25, -0.2) is 0 Å². The molecule has 0 saturated carbocycles. The van der Waals surface area contributed by atoms with E-state index in [9.17, 15) is 13.2 Å². The first kappa shape index (κ1) is 13.2. The van der Waals surface area contributed by atoms with E-state index in [2.05, 4.69) is 19.2 Å². The average molecular weight is 257 g/mol. The number of benzene rings is 1. The molecule has 0 amide bonds. The average Bonchev–Trinajstić information content (AvgIpc) is 2.26. The van der Waals surface area contributed by atoms with Gasteiger partial charge in [-0.2, -0.15) is 13.2 Å². The molecule has 0 spiro atoms. The number of alkyl halides is 3. The number of nitrogens with one attached hydrogen (secondary N) is 1. The van der Waals surface area contributed by atoms with Gasteiger partial charge in [-0.1, -0.05) is 26.0 Å². The minimum atomic E-state index is -4.28. The molecule has 1 aromatic carbocycles. The van der Waals surface area contributed by atoms with Crippen molar-refractivity contribution < 1.29 is 13.2 Å². The predicted molar refractivity (Wildman–Crippen MR) is 66.7 cm³/mol. The fourth-order valence-corrected chi connectivity index (χ4v) is 2.68. The lowest BCUT2D eigenvalue weighted by atomic mass is 9.83. The maximum absolute atomic E-state index is 12.9. The molecule has 4 heteroatoms. The summed E-state index contributed by atoms with van der Waals surface area (Å²) in [7, 11) is 0. The van der Waals surface area contributed by atoms with Gasteiger partial charge in [0.15, 0.2) is 0 Å². The van der Waals surface area contributed by atoms with Crippen LogP contribution in [0.5, 0.6) is 0 Å². The number of hydrogen-bond donors (Lipinski definition) is 1. The summed E-state index contributed by atoms with van der Waals surface area (Å²) in [5, 5.41) is 2.92. The fraction of sp³-hybridized carbons (Fsp3) is 0.571. The quantitative estimate of drug-likeness (QED) is 0.813. The molecule has 1 atom stereocenters. The number of halogens is 3. The van der Waals surface area contributed by atoms with E-state index in [0.29, 0.717) is 18.2 Å². The van der Waals surface area contributed by atoms with Gasteiger partial charge < -0.3 is 5.32 Å². The predicted octanol–water partition coefficient (Wildman–Crippen LogP) is 4.65. The summed E-state index contributed by atoms with van der Waals surface area (Å²) in [4.78, 5) is 0. The Kier molecular flexibility index (Phi) is 3.55. The number of para-hydroxylation sites is 1. The molecule has 1 aromatic rings. The van der Waals surface area contributed by atoms with Crippen LogP contribution in [-0.2, 0) is 6.18 Å². The highest BCUT2D eigenvalue weighted by Gasteiger charge is 2.36. The number of hydrogen-bond acceptors (Lipinski definition) is 1. The van der Waals surface area contributed by atoms with Crippen LogP contribution in [0.15, 0.2) is 18.2 Å². The van der Waals surface area contributed by atoms with E-state index >= 15 is 0 Å². The van der Waals surface area contributed by atoms with Crippen molar-refractivity contribution in [2.24, 2.45) is 5.92 Å². The van der Waals surface area contributed by atoms with E-state index in [4.69, 9.17) is 0 Å². The van der Waals surface area contributed by atoms with E-state index in [1.54, 1.807) is 0 Å². The number of fused-ring (bicyclic) bond motifs is 1. The second kappa shape index (κ2) is 4.82. The summed E-state index contributed by atoms with van der Waals surface area (Å²) >= 11 is 0. The lowest BCUT2D eigenvalue weighted by Gasteiger charge is -2.30. The van der Waals surface area contributed by atoms with Gasteiger partial charge in [0.2, 0.25) is 0 Å².